The number of hydrogen-bond acceptors (Lipinski definition) is 4. The Kier molecular flexibility index (Phi) is 5.53. The number of aryl methyl sites for hydroxylation is 1. The summed E-state index contributed by atoms with van der Waals surface area (Å²) in [6, 6.07) is 14.8. The van der Waals surface area contributed by atoms with Crippen LogP contribution in [0.5, 0.6) is 5.75 Å². The number of aromatic amines is 1. The highest BCUT2D eigenvalue weighted by molar-refractivity contribution is 7.09. The summed E-state index contributed by atoms with van der Waals surface area (Å²) in [6.45, 7) is 2.57. The van der Waals surface area contributed by atoms with Gasteiger partial charge < -0.3 is 14.6 Å². The Morgan fingerprint density at radius 3 is 2.62 bits per heavy atom. The number of thiophene rings is 1. The monoisotopic (exact) mass is 368 g/mol. The van der Waals surface area contributed by atoms with E-state index in [1.54, 1.807) is 42.4 Å². The number of para-hydroxylation sites is 1. The number of methoxy groups -OCH3 is 1. The molecule has 1 aromatic carbocycles. The van der Waals surface area contributed by atoms with Crippen molar-refractivity contribution in [1.29, 1.82) is 0 Å². The van der Waals surface area contributed by atoms with Gasteiger partial charge in [0, 0.05) is 16.1 Å². The molecule has 26 heavy (non-hydrogen) atoms. The van der Waals surface area contributed by atoms with Crippen LogP contribution in [-0.4, -0.2) is 22.9 Å². The SMILES string of the molecule is COc1ccccc1CN(Cc1cccs1)C(=O)c1ccc(C)[nH]c1=O. The number of aromatic nitrogens is 1. The fourth-order valence-electron chi connectivity index (χ4n) is 2.74. The first-order valence-corrected chi connectivity index (χ1v) is 9.10. The Labute approximate surface area is 155 Å². The van der Waals surface area contributed by atoms with E-state index in [0.717, 1.165) is 16.1 Å². The van der Waals surface area contributed by atoms with E-state index in [2.05, 4.69) is 4.98 Å². The van der Waals surface area contributed by atoms with Crippen LogP contribution in [0.2, 0.25) is 0 Å². The number of carbonyl (C=O) groups excluding carboxylic acids is 1. The molecule has 0 radical (unpaired) electrons. The zero-order chi connectivity index (χ0) is 18.5. The van der Waals surface area contributed by atoms with Gasteiger partial charge in [0.1, 0.15) is 11.3 Å². The number of hydrogen-bond donors (Lipinski definition) is 1. The summed E-state index contributed by atoms with van der Waals surface area (Å²) in [7, 11) is 1.61. The molecule has 0 atom stereocenters. The predicted octanol–water partition coefficient (Wildman–Crippen LogP) is 3.60. The largest absolute Gasteiger partial charge is 0.496 e. The van der Waals surface area contributed by atoms with Crippen LogP contribution >= 0.6 is 11.3 Å². The van der Waals surface area contributed by atoms with Gasteiger partial charge in [-0.15, -0.1) is 11.3 Å². The number of rotatable bonds is 6. The second-order valence-electron chi connectivity index (χ2n) is 5.94. The van der Waals surface area contributed by atoms with E-state index in [-0.39, 0.29) is 17.0 Å². The highest BCUT2D eigenvalue weighted by Gasteiger charge is 2.21. The minimum absolute atomic E-state index is 0.141. The average Bonchev–Trinajstić information content (AvgIpc) is 3.14. The maximum atomic E-state index is 13.1. The Morgan fingerprint density at radius 2 is 1.92 bits per heavy atom. The molecule has 134 valence electrons. The standard InChI is InChI=1S/C20H20N2O3S/c1-14-9-10-17(19(23)21-14)20(24)22(13-16-7-5-11-26-16)12-15-6-3-4-8-18(15)25-2/h3-11H,12-13H2,1-2H3,(H,21,23). The van der Waals surface area contributed by atoms with Crippen LogP contribution < -0.4 is 10.3 Å². The number of pyridine rings is 1. The molecule has 1 N–H and O–H groups in total. The third kappa shape index (κ3) is 4.03. The zero-order valence-electron chi connectivity index (χ0n) is 14.7. The molecule has 0 unspecified atom stereocenters. The molecule has 0 aliphatic heterocycles. The van der Waals surface area contributed by atoms with Gasteiger partial charge in [-0.1, -0.05) is 24.3 Å². The molecule has 0 fully saturated rings. The van der Waals surface area contributed by atoms with Crippen molar-refractivity contribution in [3.63, 3.8) is 0 Å². The fraction of sp³-hybridized carbons (Fsp3) is 0.200. The first-order valence-electron chi connectivity index (χ1n) is 8.22. The number of nitrogens with zero attached hydrogens (tertiary/aromatic N) is 1. The van der Waals surface area contributed by atoms with Crippen molar-refractivity contribution < 1.29 is 9.53 Å². The Hall–Kier alpha value is -2.86. The summed E-state index contributed by atoms with van der Waals surface area (Å²) in [5, 5.41) is 1.97. The normalized spacial score (nSPS) is 10.5. The number of benzene rings is 1. The van der Waals surface area contributed by atoms with Gasteiger partial charge in [-0.3, -0.25) is 9.59 Å². The van der Waals surface area contributed by atoms with Gasteiger partial charge in [0.15, 0.2) is 0 Å². The molecule has 0 aliphatic rings. The highest BCUT2D eigenvalue weighted by Crippen LogP contribution is 2.22. The van der Waals surface area contributed by atoms with E-state index in [1.807, 2.05) is 41.8 Å². The van der Waals surface area contributed by atoms with E-state index < -0.39 is 0 Å². The lowest BCUT2D eigenvalue weighted by Gasteiger charge is -2.23. The topological polar surface area (TPSA) is 62.4 Å². The molecule has 0 saturated carbocycles. The van der Waals surface area contributed by atoms with Crippen molar-refractivity contribution in [3.8, 4) is 5.75 Å². The smallest absolute Gasteiger partial charge is 0.260 e. The van der Waals surface area contributed by atoms with Crippen molar-refractivity contribution in [2.45, 2.75) is 20.0 Å². The zero-order valence-corrected chi connectivity index (χ0v) is 15.5. The Balaban J connectivity index is 1.94. The van der Waals surface area contributed by atoms with Gasteiger partial charge in [-0.25, -0.2) is 0 Å². The summed E-state index contributed by atoms with van der Waals surface area (Å²) in [6.07, 6.45) is 0. The van der Waals surface area contributed by atoms with E-state index in [1.165, 1.54) is 0 Å². The van der Waals surface area contributed by atoms with Crippen LogP contribution in [-0.2, 0) is 13.1 Å². The predicted molar refractivity (Wildman–Crippen MR) is 103 cm³/mol. The Bertz CT molecular complexity index is 948. The lowest BCUT2D eigenvalue weighted by molar-refractivity contribution is 0.0729. The summed E-state index contributed by atoms with van der Waals surface area (Å²) in [5.74, 6) is 0.417. The van der Waals surface area contributed by atoms with Gasteiger partial charge in [0.25, 0.3) is 11.5 Å². The highest BCUT2D eigenvalue weighted by atomic mass is 32.1. The molecule has 3 rings (SSSR count). The quantitative estimate of drug-likeness (QED) is 0.723. The first kappa shape index (κ1) is 17.9. The lowest BCUT2D eigenvalue weighted by atomic mass is 10.1. The minimum Gasteiger partial charge on any atom is -0.496 e. The van der Waals surface area contributed by atoms with Crippen LogP contribution in [0, 0.1) is 6.92 Å². The van der Waals surface area contributed by atoms with E-state index in [4.69, 9.17) is 4.74 Å². The number of nitrogens with one attached hydrogen (secondary N) is 1. The van der Waals surface area contributed by atoms with E-state index in [9.17, 15) is 9.59 Å². The van der Waals surface area contributed by atoms with Crippen molar-refractivity contribution in [2.75, 3.05) is 7.11 Å². The van der Waals surface area contributed by atoms with Gasteiger partial charge >= 0.3 is 0 Å². The maximum Gasteiger partial charge on any atom is 0.260 e. The maximum absolute atomic E-state index is 13.1. The van der Waals surface area contributed by atoms with Crippen LogP contribution in [0.3, 0.4) is 0 Å². The average molecular weight is 368 g/mol. The van der Waals surface area contributed by atoms with Crippen molar-refractivity contribution in [1.82, 2.24) is 9.88 Å². The first-order chi connectivity index (χ1) is 12.6. The fourth-order valence-corrected chi connectivity index (χ4v) is 3.46. The number of amides is 1. The molecule has 0 spiro atoms. The molecule has 3 aromatic rings. The van der Waals surface area contributed by atoms with Crippen LogP contribution in [0.1, 0.15) is 26.5 Å². The summed E-state index contributed by atoms with van der Waals surface area (Å²) in [5.41, 5.74) is 1.39. The van der Waals surface area contributed by atoms with Crippen molar-refractivity contribution in [3.05, 3.63) is 86.0 Å². The second-order valence-corrected chi connectivity index (χ2v) is 6.97. The van der Waals surface area contributed by atoms with E-state index in [0.29, 0.717) is 18.8 Å². The Morgan fingerprint density at radius 1 is 1.12 bits per heavy atom. The van der Waals surface area contributed by atoms with E-state index >= 15 is 0 Å². The molecule has 1 amide bonds. The lowest BCUT2D eigenvalue weighted by Crippen LogP contribution is -2.34. The van der Waals surface area contributed by atoms with Crippen molar-refractivity contribution >= 4 is 17.2 Å². The molecule has 2 heterocycles. The van der Waals surface area contributed by atoms with Crippen LogP contribution in [0.4, 0.5) is 0 Å². The number of H-pyrrole nitrogens is 1. The third-order valence-corrected chi connectivity index (χ3v) is 4.91. The summed E-state index contributed by atoms with van der Waals surface area (Å²) in [4.78, 5) is 30.7. The minimum atomic E-state index is -0.369. The molecule has 0 saturated heterocycles. The third-order valence-electron chi connectivity index (χ3n) is 4.05. The molecular formula is C20H20N2O3S. The number of carbonyl (C=O) groups is 1. The van der Waals surface area contributed by atoms with Gasteiger partial charge in [0.05, 0.1) is 20.2 Å². The number of ether oxygens (including phenoxy) is 1. The molecule has 6 heteroatoms. The van der Waals surface area contributed by atoms with Gasteiger partial charge in [-0.05, 0) is 36.6 Å². The van der Waals surface area contributed by atoms with Gasteiger partial charge in [-0.2, -0.15) is 0 Å². The second kappa shape index (κ2) is 8.01. The van der Waals surface area contributed by atoms with Crippen LogP contribution in [0.15, 0.2) is 58.7 Å². The van der Waals surface area contributed by atoms with Crippen LogP contribution in [0.25, 0.3) is 0 Å². The molecule has 0 bridgehead atoms. The summed E-state index contributed by atoms with van der Waals surface area (Å²) >= 11 is 1.58. The molecule has 0 aliphatic carbocycles. The molecule has 5 nitrogen and oxygen atoms in total. The van der Waals surface area contributed by atoms with Crippen molar-refractivity contribution in [2.24, 2.45) is 0 Å². The summed E-state index contributed by atoms with van der Waals surface area (Å²) < 4.78 is 5.40. The van der Waals surface area contributed by atoms with Gasteiger partial charge in [0.2, 0.25) is 0 Å². The molecule has 2 aromatic heterocycles. The molecular weight excluding hydrogens is 348 g/mol.